The van der Waals surface area contributed by atoms with E-state index in [9.17, 15) is 0 Å². The lowest BCUT2D eigenvalue weighted by atomic mass is 10.2. The Kier molecular flexibility index (Phi) is 2.93. The number of hydrogen-bond acceptors (Lipinski definition) is 3. The molecule has 0 aliphatic rings. The van der Waals surface area contributed by atoms with Gasteiger partial charge in [0.05, 0.1) is 12.4 Å². The van der Waals surface area contributed by atoms with Crippen LogP contribution in [0.15, 0.2) is 35.1 Å². The van der Waals surface area contributed by atoms with Gasteiger partial charge in [-0.15, -0.1) is 0 Å². The minimum absolute atomic E-state index is 0.478. The Morgan fingerprint density at radius 1 is 1.50 bits per heavy atom. The standard InChI is InChI=1S/C11H8BrN3O/c1-15-7-8(6-14-15)16-11-4-2-3-10(12)9(11)5-13/h2-4,6-7H,1H3. The van der Waals surface area contributed by atoms with Gasteiger partial charge in [-0.05, 0) is 28.1 Å². The minimum atomic E-state index is 0.478. The zero-order chi connectivity index (χ0) is 11.5. The fourth-order valence-electron chi connectivity index (χ4n) is 1.28. The van der Waals surface area contributed by atoms with Crippen molar-refractivity contribution in [2.24, 2.45) is 7.05 Å². The van der Waals surface area contributed by atoms with Crippen molar-refractivity contribution in [3.63, 3.8) is 0 Å². The van der Waals surface area contributed by atoms with Crippen molar-refractivity contribution < 1.29 is 4.74 Å². The number of nitriles is 1. The van der Waals surface area contributed by atoms with E-state index in [4.69, 9.17) is 10.00 Å². The van der Waals surface area contributed by atoms with Crippen LogP contribution >= 0.6 is 15.9 Å². The molecule has 0 bridgehead atoms. The van der Waals surface area contributed by atoms with Gasteiger partial charge in [0.1, 0.15) is 17.4 Å². The smallest absolute Gasteiger partial charge is 0.165 e. The maximum Gasteiger partial charge on any atom is 0.165 e. The maximum atomic E-state index is 9.00. The van der Waals surface area contributed by atoms with Gasteiger partial charge in [0, 0.05) is 11.5 Å². The molecule has 2 aromatic rings. The molecule has 0 N–H and O–H groups in total. The van der Waals surface area contributed by atoms with Crippen LogP contribution in [0.25, 0.3) is 0 Å². The summed E-state index contributed by atoms with van der Waals surface area (Å²) in [7, 11) is 1.80. The molecule has 2 rings (SSSR count). The Morgan fingerprint density at radius 2 is 2.31 bits per heavy atom. The fourth-order valence-corrected chi connectivity index (χ4v) is 1.71. The average molecular weight is 278 g/mol. The largest absolute Gasteiger partial charge is 0.453 e. The summed E-state index contributed by atoms with van der Waals surface area (Å²) < 4.78 is 7.92. The quantitative estimate of drug-likeness (QED) is 0.848. The molecule has 0 atom stereocenters. The van der Waals surface area contributed by atoms with Crippen molar-refractivity contribution in [2.45, 2.75) is 0 Å². The van der Waals surface area contributed by atoms with Crippen molar-refractivity contribution in [2.75, 3.05) is 0 Å². The van der Waals surface area contributed by atoms with Gasteiger partial charge in [-0.25, -0.2) is 0 Å². The van der Waals surface area contributed by atoms with Gasteiger partial charge in [0.2, 0.25) is 0 Å². The maximum absolute atomic E-state index is 9.00. The third-order valence-electron chi connectivity index (χ3n) is 2.00. The molecule has 80 valence electrons. The van der Waals surface area contributed by atoms with Gasteiger partial charge < -0.3 is 4.74 Å². The summed E-state index contributed by atoms with van der Waals surface area (Å²) in [5.74, 6) is 1.13. The van der Waals surface area contributed by atoms with Crippen LogP contribution in [0.3, 0.4) is 0 Å². The second kappa shape index (κ2) is 4.37. The van der Waals surface area contributed by atoms with Crippen LogP contribution in [0.1, 0.15) is 5.56 Å². The first kappa shape index (κ1) is 10.7. The molecule has 16 heavy (non-hydrogen) atoms. The van der Waals surface area contributed by atoms with Gasteiger partial charge in [-0.2, -0.15) is 10.4 Å². The number of benzene rings is 1. The average Bonchev–Trinajstić information content (AvgIpc) is 2.64. The summed E-state index contributed by atoms with van der Waals surface area (Å²) in [4.78, 5) is 0. The first-order valence-electron chi connectivity index (χ1n) is 4.56. The number of ether oxygens (including phenoxy) is 1. The normalized spacial score (nSPS) is 9.81. The molecule has 0 unspecified atom stereocenters. The van der Waals surface area contributed by atoms with E-state index in [1.807, 2.05) is 6.07 Å². The summed E-state index contributed by atoms with van der Waals surface area (Å²) in [5, 5.41) is 13.0. The van der Waals surface area contributed by atoms with E-state index < -0.39 is 0 Å². The second-order valence-electron chi connectivity index (χ2n) is 3.18. The number of halogens is 1. The molecule has 0 spiro atoms. The number of aryl methyl sites for hydroxylation is 1. The van der Waals surface area contributed by atoms with Crippen LogP contribution in [0, 0.1) is 11.3 Å². The molecule has 0 amide bonds. The van der Waals surface area contributed by atoms with Crippen LogP contribution < -0.4 is 4.74 Å². The van der Waals surface area contributed by atoms with E-state index >= 15 is 0 Å². The molecule has 0 saturated heterocycles. The van der Waals surface area contributed by atoms with Gasteiger partial charge in [0.15, 0.2) is 5.75 Å². The SMILES string of the molecule is Cn1cc(Oc2cccc(Br)c2C#N)cn1. The Labute approximate surface area is 101 Å². The zero-order valence-electron chi connectivity index (χ0n) is 8.51. The topological polar surface area (TPSA) is 50.8 Å². The van der Waals surface area contributed by atoms with Gasteiger partial charge >= 0.3 is 0 Å². The molecule has 0 aliphatic carbocycles. The molecular weight excluding hydrogens is 270 g/mol. The summed E-state index contributed by atoms with van der Waals surface area (Å²) in [6.07, 6.45) is 3.34. The summed E-state index contributed by atoms with van der Waals surface area (Å²) in [6.45, 7) is 0. The van der Waals surface area contributed by atoms with Crippen LogP contribution in [0.2, 0.25) is 0 Å². The molecule has 0 radical (unpaired) electrons. The first-order chi connectivity index (χ1) is 7.70. The van der Waals surface area contributed by atoms with Crippen molar-refractivity contribution in [1.82, 2.24) is 9.78 Å². The van der Waals surface area contributed by atoms with Gasteiger partial charge in [-0.3, -0.25) is 4.68 Å². The fraction of sp³-hybridized carbons (Fsp3) is 0.0909. The Morgan fingerprint density at radius 3 is 2.94 bits per heavy atom. The Bertz CT molecular complexity index is 557. The number of hydrogen-bond donors (Lipinski definition) is 0. The second-order valence-corrected chi connectivity index (χ2v) is 4.03. The molecule has 0 fully saturated rings. The summed E-state index contributed by atoms with van der Waals surface area (Å²) in [5.41, 5.74) is 0.478. The van der Waals surface area contributed by atoms with Crippen molar-refractivity contribution >= 4 is 15.9 Å². The van der Waals surface area contributed by atoms with Gasteiger partial charge in [-0.1, -0.05) is 6.07 Å². The highest BCUT2D eigenvalue weighted by Gasteiger charge is 2.08. The highest BCUT2D eigenvalue weighted by molar-refractivity contribution is 9.10. The third-order valence-corrected chi connectivity index (χ3v) is 2.66. The van der Waals surface area contributed by atoms with Gasteiger partial charge in [0.25, 0.3) is 0 Å². The number of aromatic nitrogens is 2. The predicted octanol–water partition coefficient (Wildman–Crippen LogP) is 2.85. The first-order valence-corrected chi connectivity index (χ1v) is 5.35. The summed E-state index contributed by atoms with van der Waals surface area (Å²) in [6, 6.07) is 7.45. The molecule has 4 nitrogen and oxygen atoms in total. The number of nitrogens with zero attached hydrogens (tertiary/aromatic N) is 3. The van der Waals surface area contributed by atoms with E-state index in [2.05, 4.69) is 27.1 Å². The van der Waals surface area contributed by atoms with E-state index in [0.29, 0.717) is 17.1 Å². The zero-order valence-corrected chi connectivity index (χ0v) is 10.1. The van der Waals surface area contributed by atoms with Crippen molar-refractivity contribution in [3.8, 4) is 17.6 Å². The molecule has 1 aromatic heterocycles. The molecule has 5 heteroatoms. The van der Waals surface area contributed by atoms with E-state index in [-0.39, 0.29) is 0 Å². The van der Waals surface area contributed by atoms with Crippen molar-refractivity contribution in [1.29, 1.82) is 5.26 Å². The highest BCUT2D eigenvalue weighted by atomic mass is 79.9. The van der Waals surface area contributed by atoms with Crippen molar-refractivity contribution in [3.05, 3.63) is 40.6 Å². The van der Waals surface area contributed by atoms with E-state index in [1.165, 1.54) is 0 Å². The van der Waals surface area contributed by atoms with E-state index in [1.54, 1.807) is 36.3 Å². The highest BCUT2D eigenvalue weighted by Crippen LogP contribution is 2.29. The molecule has 1 aromatic carbocycles. The lowest BCUT2D eigenvalue weighted by Crippen LogP contribution is -1.88. The monoisotopic (exact) mass is 277 g/mol. The third kappa shape index (κ3) is 2.07. The minimum Gasteiger partial charge on any atom is -0.453 e. The van der Waals surface area contributed by atoms with Crippen LogP contribution in [0.4, 0.5) is 0 Å². The Balaban J connectivity index is 2.35. The lowest BCUT2D eigenvalue weighted by Gasteiger charge is -2.05. The molecular formula is C11H8BrN3O. The number of rotatable bonds is 2. The van der Waals surface area contributed by atoms with Crippen LogP contribution in [-0.2, 0) is 7.05 Å². The lowest BCUT2D eigenvalue weighted by molar-refractivity contribution is 0.480. The molecule has 1 heterocycles. The Hall–Kier alpha value is -1.80. The molecule has 0 saturated carbocycles. The van der Waals surface area contributed by atoms with Crippen LogP contribution in [-0.4, -0.2) is 9.78 Å². The summed E-state index contributed by atoms with van der Waals surface area (Å²) >= 11 is 3.30. The molecule has 0 aliphatic heterocycles. The predicted molar refractivity (Wildman–Crippen MR) is 62.1 cm³/mol. The van der Waals surface area contributed by atoms with Crippen LogP contribution in [0.5, 0.6) is 11.5 Å². The van der Waals surface area contributed by atoms with E-state index in [0.717, 1.165) is 4.47 Å².